The van der Waals surface area contributed by atoms with Gasteiger partial charge in [-0.3, -0.25) is 9.59 Å². The minimum absolute atomic E-state index is 0.157. The molecule has 10 heteroatoms. The number of sulfonamides is 1. The third-order valence-electron chi connectivity index (χ3n) is 3.91. The van der Waals surface area contributed by atoms with E-state index in [4.69, 9.17) is 4.42 Å². The zero-order chi connectivity index (χ0) is 20.9. The van der Waals surface area contributed by atoms with E-state index in [-0.39, 0.29) is 22.4 Å². The number of furan rings is 1. The van der Waals surface area contributed by atoms with E-state index in [1.54, 1.807) is 47.8 Å². The molecular weight excluding hydrogens is 414 g/mol. The van der Waals surface area contributed by atoms with E-state index in [2.05, 4.69) is 15.4 Å². The van der Waals surface area contributed by atoms with Crippen LogP contribution in [0.4, 0.5) is 5.69 Å². The molecule has 2 heterocycles. The second-order valence-electron chi connectivity index (χ2n) is 6.12. The lowest BCUT2D eigenvalue weighted by atomic mass is 10.2. The summed E-state index contributed by atoms with van der Waals surface area (Å²) in [6, 6.07) is 12.3. The Morgan fingerprint density at radius 3 is 2.48 bits per heavy atom. The maximum atomic E-state index is 12.2. The van der Waals surface area contributed by atoms with Crippen LogP contribution in [0.2, 0.25) is 0 Å². The fourth-order valence-electron chi connectivity index (χ4n) is 2.41. The van der Waals surface area contributed by atoms with Gasteiger partial charge in [-0.25, -0.2) is 8.42 Å². The summed E-state index contributed by atoms with van der Waals surface area (Å²) < 4.78 is 31.9. The molecule has 0 fully saturated rings. The first-order valence-electron chi connectivity index (χ1n) is 8.62. The Hall–Kier alpha value is -2.95. The average molecular weight is 434 g/mol. The van der Waals surface area contributed by atoms with Crippen LogP contribution in [0.3, 0.4) is 0 Å². The summed E-state index contributed by atoms with van der Waals surface area (Å²) in [5, 5.41) is 7.04. The highest BCUT2D eigenvalue weighted by molar-refractivity contribution is 7.91. The van der Waals surface area contributed by atoms with E-state index in [0.29, 0.717) is 5.69 Å². The molecule has 3 N–H and O–H groups in total. The number of nitrogens with one attached hydrogen (secondary N) is 3. The van der Waals surface area contributed by atoms with Crippen molar-refractivity contribution < 1.29 is 22.4 Å². The summed E-state index contributed by atoms with van der Waals surface area (Å²) >= 11 is 1.08. The van der Waals surface area contributed by atoms with Gasteiger partial charge in [0.25, 0.3) is 15.9 Å². The van der Waals surface area contributed by atoms with Crippen LogP contribution in [0.25, 0.3) is 0 Å². The molecule has 0 saturated carbocycles. The third-order valence-corrected chi connectivity index (χ3v) is 6.85. The molecule has 2 aromatic heterocycles. The topological polar surface area (TPSA) is 118 Å². The van der Waals surface area contributed by atoms with E-state index >= 15 is 0 Å². The smallest absolute Gasteiger partial charge is 0.291 e. The Morgan fingerprint density at radius 1 is 1.10 bits per heavy atom. The fourth-order valence-corrected chi connectivity index (χ4v) is 4.62. The van der Waals surface area contributed by atoms with E-state index in [0.717, 1.165) is 16.9 Å². The maximum Gasteiger partial charge on any atom is 0.291 e. The second-order valence-corrected chi connectivity index (χ2v) is 9.01. The Bertz CT molecular complexity index is 1060. The van der Waals surface area contributed by atoms with Gasteiger partial charge in [-0.2, -0.15) is 4.72 Å². The summed E-state index contributed by atoms with van der Waals surface area (Å²) in [5.41, 5.74) is 1.38. The average Bonchev–Trinajstić information content (AvgIpc) is 3.40. The molecule has 2 amide bonds. The highest BCUT2D eigenvalue weighted by Gasteiger charge is 2.22. The van der Waals surface area contributed by atoms with E-state index in [9.17, 15) is 18.0 Å². The molecule has 152 valence electrons. The van der Waals surface area contributed by atoms with Gasteiger partial charge in [-0.1, -0.05) is 18.2 Å². The minimum Gasteiger partial charge on any atom is -0.459 e. The lowest BCUT2D eigenvalue weighted by Crippen LogP contribution is -2.44. The van der Waals surface area contributed by atoms with Crippen LogP contribution >= 0.6 is 11.3 Å². The number of benzene rings is 1. The first-order chi connectivity index (χ1) is 13.8. The zero-order valence-corrected chi connectivity index (χ0v) is 17.0. The lowest BCUT2D eigenvalue weighted by molar-refractivity contribution is -0.122. The molecule has 0 spiro atoms. The van der Waals surface area contributed by atoms with Crippen molar-refractivity contribution in [3.05, 3.63) is 71.5 Å². The number of hydrogen-bond donors (Lipinski definition) is 3. The standard InChI is InChI=1S/C19H19N3O5S2/c1-13(22-29(25,26)17-5-3-11-28-17)18(23)20-12-14-6-8-15(9-7-14)21-19(24)16-4-2-10-27-16/h2-11,13,22H,12H2,1H3,(H,20,23)(H,21,24). The highest BCUT2D eigenvalue weighted by Crippen LogP contribution is 2.16. The maximum absolute atomic E-state index is 12.2. The molecule has 0 aliphatic carbocycles. The minimum atomic E-state index is -3.72. The van der Waals surface area contributed by atoms with Crippen molar-refractivity contribution in [3.63, 3.8) is 0 Å². The van der Waals surface area contributed by atoms with Crippen molar-refractivity contribution in [1.82, 2.24) is 10.0 Å². The van der Waals surface area contributed by atoms with Gasteiger partial charge in [-0.15, -0.1) is 11.3 Å². The predicted molar refractivity (Wildman–Crippen MR) is 109 cm³/mol. The van der Waals surface area contributed by atoms with Gasteiger partial charge in [0.2, 0.25) is 5.91 Å². The molecule has 1 aromatic carbocycles. The number of amides is 2. The SMILES string of the molecule is CC(NS(=O)(=O)c1cccs1)C(=O)NCc1ccc(NC(=O)c2ccco2)cc1. The summed E-state index contributed by atoms with van der Waals surface area (Å²) in [5.74, 6) is -0.594. The monoisotopic (exact) mass is 433 g/mol. The molecule has 3 aromatic rings. The third kappa shape index (κ3) is 5.53. The molecule has 0 aliphatic heterocycles. The predicted octanol–water partition coefficient (Wildman–Crippen LogP) is 2.58. The first kappa shape index (κ1) is 20.8. The van der Waals surface area contributed by atoms with Gasteiger partial charge in [0, 0.05) is 12.2 Å². The first-order valence-corrected chi connectivity index (χ1v) is 11.0. The quantitative estimate of drug-likeness (QED) is 0.505. The van der Waals surface area contributed by atoms with Crippen molar-refractivity contribution in [3.8, 4) is 0 Å². The summed E-state index contributed by atoms with van der Waals surface area (Å²) in [4.78, 5) is 24.1. The van der Waals surface area contributed by atoms with Gasteiger partial charge >= 0.3 is 0 Å². The van der Waals surface area contributed by atoms with Crippen molar-refractivity contribution in [2.24, 2.45) is 0 Å². The van der Waals surface area contributed by atoms with Crippen LogP contribution < -0.4 is 15.4 Å². The molecule has 0 aliphatic rings. The van der Waals surface area contributed by atoms with Crippen molar-refractivity contribution in [1.29, 1.82) is 0 Å². The molecule has 0 bridgehead atoms. The molecule has 3 rings (SSSR count). The molecule has 0 radical (unpaired) electrons. The largest absolute Gasteiger partial charge is 0.459 e. The van der Waals surface area contributed by atoms with E-state index in [1.807, 2.05) is 0 Å². The number of anilines is 1. The van der Waals surface area contributed by atoms with Crippen LogP contribution in [-0.4, -0.2) is 26.3 Å². The number of carbonyl (C=O) groups excluding carboxylic acids is 2. The van der Waals surface area contributed by atoms with E-state index < -0.39 is 22.0 Å². The molecule has 1 unspecified atom stereocenters. The summed E-state index contributed by atoms with van der Waals surface area (Å²) in [7, 11) is -3.72. The van der Waals surface area contributed by atoms with Crippen LogP contribution in [0.1, 0.15) is 23.0 Å². The Labute approximate surface area is 172 Å². The summed E-state index contributed by atoms with van der Waals surface area (Å²) in [6.07, 6.45) is 1.42. The lowest BCUT2D eigenvalue weighted by Gasteiger charge is -2.14. The molecule has 29 heavy (non-hydrogen) atoms. The fraction of sp³-hybridized carbons (Fsp3) is 0.158. The van der Waals surface area contributed by atoms with Gasteiger partial charge in [0.05, 0.1) is 12.3 Å². The van der Waals surface area contributed by atoms with Crippen LogP contribution in [-0.2, 0) is 21.4 Å². The van der Waals surface area contributed by atoms with E-state index in [1.165, 1.54) is 19.3 Å². The molecule has 8 nitrogen and oxygen atoms in total. The van der Waals surface area contributed by atoms with Crippen LogP contribution in [0.15, 0.2) is 68.8 Å². The van der Waals surface area contributed by atoms with Crippen molar-refractivity contribution in [2.45, 2.75) is 23.7 Å². The Kier molecular flexibility index (Phi) is 6.47. The number of hydrogen-bond acceptors (Lipinski definition) is 6. The molecule has 1 atom stereocenters. The van der Waals surface area contributed by atoms with Crippen molar-refractivity contribution in [2.75, 3.05) is 5.32 Å². The Balaban J connectivity index is 1.50. The van der Waals surface area contributed by atoms with Gasteiger partial charge in [-0.05, 0) is 48.2 Å². The number of rotatable bonds is 8. The molecule has 0 saturated heterocycles. The van der Waals surface area contributed by atoms with Crippen LogP contribution in [0.5, 0.6) is 0 Å². The summed E-state index contributed by atoms with van der Waals surface area (Å²) in [6.45, 7) is 1.70. The highest BCUT2D eigenvalue weighted by atomic mass is 32.2. The van der Waals surface area contributed by atoms with Gasteiger partial charge < -0.3 is 15.1 Å². The van der Waals surface area contributed by atoms with Crippen molar-refractivity contribution >= 4 is 38.9 Å². The normalized spacial score (nSPS) is 12.3. The zero-order valence-electron chi connectivity index (χ0n) is 15.4. The second kappa shape index (κ2) is 9.03. The van der Waals surface area contributed by atoms with Crippen LogP contribution in [0, 0.1) is 0 Å². The van der Waals surface area contributed by atoms with Gasteiger partial charge in [0.15, 0.2) is 5.76 Å². The van der Waals surface area contributed by atoms with Gasteiger partial charge in [0.1, 0.15) is 4.21 Å². The number of thiophene rings is 1. The Morgan fingerprint density at radius 2 is 1.86 bits per heavy atom. The number of carbonyl (C=O) groups is 2. The molecular formula is C19H19N3O5S2.